The van der Waals surface area contributed by atoms with Crippen molar-refractivity contribution < 1.29 is 17.6 Å². The van der Waals surface area contributed by atoms with Crippen LogP contribution in [0.25, 0.3) is 0 Å². The van der Waals surface area contributed by atoms with Gasteiger partial charge in [-0.3, -0.25) is 9.10 Å². The molecule has 0 radical (unpaired) electrons. The highest BCUT2D eigenvalue weighted by atomic mass is 32.2. The number of halogens is 1. The fraction of sp³-hybridized carbons (Fsp3) is 0.278. The summed E-state index contributed by atoms with van der Waals surface area (Å²) in [5, 5.41) is 2.70. The van der Waals surface area contributed by atoms with Crippen LogP contribution in [-0.4, -0.2) is 33.7 Å². The Bertz CT molecular complexity index is 810. The van der Waals surface area contributed by atoms with E-state index in [0.29, 0.717) is 6.54 Å². The zero-order chi connectivity index (χ0) is 18.3. The Morgan fingerprint density at radius 2 is 1.84 bits per heavy atom. The van der Waals surface area contributed by atoms with Crippen LogP contribution in [-0.2, 0) is 21.2 Å². The van der Waals surface area contributed by atoms with E-state index in [-0.39, 0.29) is 12.2 Å². The molecule has 0 atom stereocenters. The first-order chi connectivity index (χ1) is 11.9. The van der Waals surface area contributed by atoms with Crippen molar-refractivity contribution in [2.24, 2.45) is 0 Å². The summed E-state index contributed by atoms with van der Waals surface area (Å²) in [4.78, 5) is 12.1. The van der Waals surface area contributed by atoms with Crippen LogP contribution in [0.3, 0.4) is 0 Å². The Morgan fingerprint density at radius 3 is 2.48 bits per heavy atom. The number of anilines is 1. The third-order valence-corrected chi connectivity index (χ3v) is 4.73. The number of benzene rings is 2. The first-order valence-corrected chi connectivity index (χ1v) is 9.75. The molecule has 2 aromatic carbocycles. The van der Waals surface area contributed by atoms with Crippen molar-refractivity contribution in [2.45, 2.75) is 12.8 Å². The minimum Gasteiger partial charge on any atom is -0.355 e. The van der Waals surface area contributed by atoms with E-state index in [9.17, 15) is 17.6 Å². The van der Waals surface area contributed by atoms with Crippen LogP contribution in [0.1, 0.15) is 12.0 Å². The molecule has 0 saturated heterocycles. The number of sulfonamides is 1. The lowest BCUT2D eigenvalue weighted by Crippen LogP contribution is -2.40. The first kappa shape index (κ1) is 18.9. The zero-order valence-corrected chi connectivity index (χ0v) is 14.8. The van der Waals surface area contributed by atoms with Crippen molar-refractivity contribution in [1.29, 1.82) is 0 Å². The predicted octanol–water partition coefficient (Wildman–Crippen LogP) is 2.34. The quantitative estimate of drug-likeness (QED) is 0.731. The SMILES string of the molecule is CS(=O)(=O)N(CC(=O)NCCCc1ccccc1)c1cccc(F)c1. The van der Waals surface area contributed by atoms with Gasteiger partial charge in [-0.1, -0.05) is 36.4 Å². The number of hydrogen-bond acceptors (Lipinski definition) is 3. The predicted molar refractivity (Wildman–Crippen MR) is 96.4 cm³/mol. The highest BCUT2D eigenvalue weighted by Gasteiger charge is 2.20. The van der Waals surface area contributed by atoms with Gasteiger partial charge in [-0.2, -0.15) is 0 Å². The summed E-state index contributed by atoms with van der Waals surface area (Å²) < 4.78 is 38.1. The van der Waals surface area contributed by atoms with Gasteiger partial charge in [-0.25, -0.2) is 12.8 Å². The van der Waals surface area contributed by atoms with E-state index in [0.717, 1.165) is 29.5 Å². The first-order valence-electron chi connectivity index (χ1n) is 7.90. The monoisotopic (exact) mass is 364 g/mol. The maximum Gasteiger partial charge on any atom is 0.240 e. The molecular weight excluding hydrogens is 343 g/mol. The van der Waals surface area contributed by atoms with Gasteiger partial charge in [-0.15, -0.1) is 0 Å². The third-order valence-electron chi connectivity index (χ3n) is 3.59. The van der Waals surface area contributed by atoms with E-state index < -0.39 is 21.7 Å². The van der Waals surface area contributed by atoms with E-state index in [2.05, 4.69) is 5.32 Å². The Hall–Kier alpha value is -2.41. The minimum absolute atomic E-state index is 0.127. The van der Waals surface area contributed by atoms with Gasteiger partial charge in [0.2, 0.25) is 15.9 Å². The molecule has 2 aromatic rings. The van der Waals surface area contributed by atoms with E-state index in [1.807, 2.05) is 30.3 Å². The summed E-state index contributed by atoms with van der Waals surface area (Å²) in [6, 6.07) is 15.0. The van der Waals surface area contributed by atoms with E-state index in [4.69, 9.17) is 0 Å². The minimum atomic E-state index is -3.70. The van der Waals surface area contributed by atoms with Crippen molar-refractivity contribution in [2.75, 3.05) is 23.7 Å². The molecule has 0 aliphatic heterocycles. The normalized spacial score (nSPS) is 11.1. The lowest BCUT2D eigenvalue weighted by Gasteiger charge is -2.21. The number of nitrogens with zero attached hydrogens (tertiary/aromatic N) is 1. The molecule has 0 spiro atoms. The van der Waals surface area contributed by atoms with Gasteiger partial charge in [0, 0.05) is 6.54 Å². The van der Waals surface area contributed by atoms with Crippen LogP contribution < -0.4 is 9.62 Å². The van der Waals surface area contributed by atoms with Gasteiger partial charge in [0.1, 0.15) is 12.4 Å². The fourth-order valence-electron chi connectivity index (χ4n) is 2.38. The molecule has 25 heavy (non-hydrogen) atoms. The molecule has 134 valence electrons. The molecule has 0 unspecified atom stereocenters. The molecule has 5 nitrogen and oxygen atoms in total. The number of nitrogens with one attached hydrogen (secondary N) is 1. The highest BCUT2D eigenvalue weighted by molar-refractivity contribution is 7.92. The molecule has 0 aliphatic carbocycles. The van der Waals surface area contributed by atoms with Gasteiger partial charge in [-0.05, 0) is 36.6 Å². The molecule has 0 aromatic heterocycles. The molecular formula is C18H21FN2O3S. The topological polar surface area (TPSA) is 66.5 Å². The second kappa shape index (κ2) is 8.62. The van der Waals surface area contributed by atoms with Crippen LogP contribution in [0, 0.1) is 5.82 Å². The van der Waals surface area contributed by atoms with Crippen molar-refractivity contribution in [3.8, 4) is 0 Å². The molecule has 7 heteroatoms. The summed E-state index contributed by atoms with van der Waals surface area (Å²) in [5.41, 5.74) is 1.30. The van der Waals surface area contributed by atoms with E-state index >= 15 is 0 Å². The molecule has 0 bridgehead atoms. The van der Waals surface area contributed by atoms with Gasteiger partial charge < -0.3 is 5.32 Å². The Labute approximate surface area is 147 Å². The standard InChI is InChI=1S/C18H21FN2O3S/c1-25(23,24)21(17-11-5-10-16(19)13-17)14-18(22)20-12-6-9-15-7-3-2-4-8-15/h2-5,7-8,10-11,13H,6,9,12,14H2,1H3,(H,20,22). The fourth-order valence-corrected chi connectivity index (χ4v) is 3.23. The average Bonchev–Trinajstić information content (AvgIpc) is 2.56. The van der Waals surface area contributed by atoms with Crippen LogP contribution in [0.15, 0.2) is 54.6 Å². The second-order valence-electron chi connectivity index (χ2n) is 5.69. The largest absolute Gasteiger partial charge is 0.355 e. The third kappa shape index (κ3) is 6.19. The molecule has 1 amide bonds. The maximum absolute atomic E-state index is 13.3. The summed E-state index contributed by atoms with van der Waals surface area (Å²) in [6.45, 7) is 0.0576. The summed E-state index contributed by atoms with van der Waals surface area (Å²) in [6.07, 6.45) is 2.55. The lowest BCUT2D eigenvalue weighted by molar-refractivity contribution is -0.119. The Balaban J connectivity index is 1.89. The number of aryl methyl sites for hydroxylation is 1. The maximum atomic E-state index is 13.3. The van der Waals surface area contributed by atoms with Gasteiger partial charge in [0.25, 0.3) is 0 Å². The number of carbonyl (C=O) groups excluding carboxylic acids is 1. The van der Waals surface area contributed by atoms with Crippen molar-refractivity contribution in [3.63, 3.8) is 0 Å². The van der Waals surface area contributed by atoms with Gasteiger partial charge in [0.15, 0.2) is 0 Å². The molecule has 1 N–H and O–H groups in total. The number of rotatable bonds is 8. The number of hydrogen-bond donors (Lipinski definition) is 1. The van der Waals surface area contributed by atoms with E-state index in [1.165, 1.54) is 23.8 Å². The van der Waals surface area contributed by atoms with Crippen LogP contribution >= 0.6 is 0 Å². The van der Waals surface area contributed by atoms with Crippen LogP contribution in [0.4, 0.5) is 10.1 Å². The molecule has 0 saturated carbocycles. The Morgan fingerprint density at radius 1 is 1.12 bits per heavy atom. The molecule has 2 rings (SSSR count). The summed E-state index contributed by atoms with van der Waals surface area (Å²) in [7, 11) is -3.70. The average molecular weight is 364 g/mol. The Kier molecular flexibility index (Phi) is 6.52. The molecule has 0 aliphatic rings. The van der Waals surface area contributed by atoms with Crippen molar-refractivity contribution in [1.82, 2.24) is 5.32 Å². The van der Waals surface area contributed by atoms with Crippen molar-refractivity contribution >= 4 is 21.6 Å². The summed E-state index contributed by atoms with van der Waals surface area (Å²) >= 11 is 0. The van der Waals surface area contributed by atoms with Crippen LogP contribution in [0.2, 0.25) is 0 Å². The van der Waals surface area contributed by atoms with Gasteiger partial charge >= 0.3 is 0 Å². The summed E-state index contributed by atoms with van der Waals surface area (Å²) in [5.74, 6) is -0.989. The van der Waals surface area contributed by atoms with E-state index in [1.54, 1.807) is 0 Å². The molecule has 0 heterocycles. The lowest BCUT2D eigenvalue weighted by atomic mass is 10.1. The van der Waals surface area contributed by atoms with Crippen LogP contribution in [0.5, 0.6) is 0 Å². The number of amides is 1. The zero-order valence-electron chi connectivity index (χ0n) is 14.0. The number of carbonyl (C=O) groups is 1. The molecule has 0 fully saturated rings. The smallest absolute Gasteiger partial charge is 0.240 e. The van der Waals surface area contributed by atoms with Crippen molar-refractivity contribution in [3.05, 3.63) is 66.0 Å². The highest BCUT2D eigenvalue weighted by Crippen LogP contribution is 2.18. The van der Waals surface area contributed by atoms with Gasteiger partial charge in [0.05, 0.1) is 11.9 Å². The second-order valence-corrected chi connectivity index (χ2v) is 7.60.